The molecule has 4 aromatic rings. The summed E-state index contributed by atoms with van der Waals surface area (Å²) in [5.41, 5.74) is 1.02. The Balaban J connectivity index is 1.27. The number of thiazole rings is 1. The molecule has 0 spiro atoms. The van der Waals surface area contributed by atoms with Crippen molar-refractivity contribution in [2.24, 2.45) is 0 Å². The third kappa shape index (κ3) is 2.85. The van der Waals surface area contributed by atoms with Gasteiger partial charge in [0, 0.05) is 12.5 Å². The molecular weight excluding hydrogens is 334 g/mol. The second-order valence-corrected chi connectivity index (χ2v) is 7.26. The molecule has 1 aliphatic heterocycles. The molecule has 126 valence electrons. The number of para-hydroxylation sites is 1. The van der Waals surface area contributed by atoms with Gasteiger partial charge >= 0.3 is 0 Å². The molecule has 1 aromatic carbocycles. The molecule has 1 atom stereocenters. The molecule has 6 nitrogen and oxygen atoms in total. The third-order valence-electron chi connectivity index (χ3n) is 4.54. The lowest BCUT2D eigenvalue weighted by Crippen LogP contribution is -2.37. The standard InChI is InChI=1S/C18H17N5OS/c1-2-4-16-14(3-1)22-18(25-16)15-7-6-13(24-15)9-19-12-5-8-17-20-11-21-23(17)10-12/h1-4,6-7,11-12,19H,5,8-10H2. The number of benzene rings is 1. The summed E-state index contributed by atoms with van der Waals surface area (Å²) < 4.78 is 9.16. The monoisotopic (exact) mass is 351 g/mol. The van der Waals surface area contributed by atoms with E-state index in [1.807, 2.05) is 35.0 Å². The summed E-state index contributed by atoms with van der Waals surface area (Å²) in [5.74, 6) is 2.84. The molecule has 1 aliphatic rings. The zero-order chi connectivity index (χ0) is 16.6. The quantitative estimate of drug-likeness (QED) is 0.611. The molecule has 0 aliphatic carbocycles. The number of aromatic nitrogens is 4. The van der Waals surface area contributed by atoms with E-state index >= 15 is 0 Å². The van der Waals surface area contributed by atoms with Crippen LogP contribution in [0.3, 0.4) is 0 Å². The van der Waals surface area contributed by atoms with Gasteiger partial charge in [-0.1, -0.05) is 12.1 Å². The Bertz CT molecular complexity index is 984. The zero-order valence-electron chi connectivity index (χ0n) is 13.6. The molecule has 7 heteroatoms. The summed E-state index contributed by atoms with van der Waals surface area (Å²) in [7, 11) is 0. The normalized spacial score (nSPS) is 17.0. The molecule has 0 bridgehead atoms. The highest BCUT2D eigenvalue weighted by Crippen LogP contribution is 2.31. The van der Waals surface area contributed by atoms with Crippen LogP contribution in [0.25, 0.3) is 21.0 Å². The van der Waals surface area contributed by atoms with Crippen molar-refractivity contribution >= 4 is 21.6 Å². The number of fused-ring (bicyclic) bond motifs is 2. The van der Waals surface area contributed by atoms with E-state index in [1.165, 1.54) is 4.70 Å². The Morgan fingerprint density at radius 1 is 1.24 bits per heavy atom. The van der Waals surface area contributed by atoms with Crippen LogP contribution in [0.4, 0.5) is 0 Å². The van der Waals surface area contributed by atoms with Crippen LogP contribution < -0.4 is 5.32 Å². The molecule has 0 amide bonds. The maximum atomic E-state index is 6.00. The van der Waals surface area contributed by atoms with Crippen molar-refractivity contribution in [2.75, 3.05) is 0 Å². The molecule has 25 heavy (non-hydrogen) atoms. The van der Waals surface area contributed by atoms with Gasteiger partial charge in [-0.05, 0) is 30.7 Å². The summed E-state index contributed by atoms with van der Waals surface area (Å²) in [6.07, 6.45) is 3.67. The average molecular weight is 351 g/mol. The first-order valence-electron chi connectivity index (χ1n) is 8.40. The van der Waals surface area contributed by atoms with Gasteiger partial charge in [0.1, 0.15) is 17.9 Å². The fraction of sp³-hybridized carbons (Fsp3) is 0.278. The van der Waals surface area contributed by atoms with E-state index in [0.29, 0.717) is 12.6 Å². The lowest BCUT2D eigenvalue weighted by atomic mass is 10.1. The largest absolute Gasteiger partial charge is 0.457 e. The lowest BCUT2D eigenvalue weighted by Gasteiger charge is -2.23. The highest BCUT2D eigenvalue weighted by molar-refractivity contribution is 7.21. The molecule has 0 fully saturated rings. The lowest BCUT2D eigenvalue weighted by molar-refractivity contribution is 0.345. The predicted molar refractivity (Wildman–Crippen MR) is 96.3 cm³/mol. The molecule has 0 saturated carbocycles. The van der Waals surface area contributed by atoms with Crippen LogP contribution in [0.2, 0.25) is 0 Å². The first-order chi connectivity index (χ1) is 12.3. The van der Waals surface area contributed by atoms with Crippen molar-refractivity contribution in [3.8, 4) is 10.8 Å². The molecule has 0 radical (unpaired) electrons. The second-order valence-electron chi connectivity index (χ2n) is 6.23. The van der Waals surface area contributed by atoms with Gasteiger partial charge in [0.05, 0.1) is 23.3 Å². The van der Waals surface area contributed by atoms with Gasteiger partial charge in [0.15, 0.2) is 10.8 Å². The summed E-state index contributed by atoms with van der Waals surface area (Å²) >= 11 is 1.66. The second kappa shape index (κ2) is 6.09. The number of furan rings is 1. The molecular formula is C18H17N5OS. The minimum Gasteiger partial charge on any atom is -0.457 e. The zero-order valence-corrected chi connectivity index (χ0v) is 14.4. The molecule has 1 unspecified atom stereocenters. The van der Waals surface area contributed by atoms with E-state index in [0.717, 1.165) is 47.3 Å². The van der Waals surface area contributed by atoms with Crippen molar-refractivity contribution in [3.05, 3.63) is 54.3 Å². The van der Waals surface area contributed by atoms with Crippen LogP contribution in [-0.4, -0.2) is 25.8 Å². The Morgan fingerprint density at radius 3 is 3.16 bits per heavy atom. The van der Waals surface area contributed by atoms with Crippen LogP contribution >= 0.6 is 11.3 Å². The van der Waals surface area contributed by atoms with E-state index in [1.54, 1.807) is 17.7 Å². The van der Waals surface area contributed by atoms with Crippen LogP contribution in [-0.2, 0) is 19.5 Å². The Kier molecular flexibility index (Phi) is 3.61. The minimum absolute atomic E-state index is 0.394. The van der Waals surface area contributed by atoms with Crippen molar-refractivity contribution < 1.29 is 4.42 Å². The first kappa shape index (κ1) is 14.8. The van der Waals surface area contributed by atoms with E-state index in [-0.39, 0.29) is 0 Å². The first-order valence-corrected chi connectivity index (χ1v) is 9.21. The number of hydrogen-bond donors (Lipinski definition) is 1. The number of nitrogens with one attached hydrogen (secondary N) is 1. The van der Waals surface area contributed by atoms with Gasteiger partial charge < -0.3 is 9.73 Å². The Hall–Kier alpha value is -2.51. The molecule has 5 rings (SSSR count). The highest BCUT2D eigenvalue weighted by atomic mass is 32.1. The maximum absolute atomic E-state index is 6.00. The van der Waals surface area contributed by atoms with Gasteiger partial charge in [-0.15, -0.1) is 11.3 Å². The SMILES string of the molecule is c1ccc2sc(-c3ccc(CNC4CCc5ncnn5C4)o3)nc2c1. The summed E-state index contributed by atoms with van der Waals surface area (Å²) in [5, 5.41) is 8.75. The van der Waals surface area contributed by atoms with Crippen molar-refractivity contribution in [1.82, 2.24) is 25.1 Å². The summed E-state index contributed by atoms with van der Waals surface area (Å²) in [4.78, 5) is 8.92. The van der Waals surface area contributed by atoms with Crippen LogP contribution in [0.1, 0.15) is 18.0 Å². The average Bonchev–Trinajstić information content (AvgIpc) is 3.37. The van der Waals surface area contributed by atoms with Gasteiger partial charge in [0.25, 0.3) is 0 Å². The van der Waals surface area contributed by atoms with Crippen LogP contribution in [0.15, 0.2) is 47.1 Å². The van der Waals surface area contributed by atoms with Crippen molar-refractivity contribution in [1.29, 1.82) is 0 Å². The fourth-order valence-electron chi connectivity index (χ4n) is 3.21. The number of hydrogen-bond acceptors (Lipinski definition) is 6. The van der Waals surface area contributed by atoms with Gasteiger partial charge in [-0.3, -0.25) is 0 Å². The summed E-state index contributed by atoms with van der Waals surface area (Å²) in [6, 6.07) is 12.6. The molecule has 1 N–H and O–H groups in total. The van der Waals surface area contributed by atoms with E-state index < -0.39 is 0 Å². The van der Waals surface area contributed by atoms with Gasteiger partial charge in [0.2, 0.25) is 0 Å². The number of aryl methyl sites for hydroxylation is 1. The van der Waals surface area contributed by atoms with E-state index in [4.69, 9.17) is 4.42 Å². The summed E-state index contributed by atoms with van der Waals surface area (Å²) in [6.45, 7) is 1.57. The van der Waals surface area contributed by atoms with Crippen LogP contribution in [0.5, 0.6) is 0 Å². The Morgan fingerprint density at radius 2 is 2.20 bits per heavy atom. The molecule has 3 aromatic heterocycles. The third-order valence-corrected chi connectivity index (χ3v) is 5.59. The predicted octanol–water partition coefficient (Wildman–Crippen LogP) is 3.25. The number of nitrogens with zero attached hydrogens (tertiary/aromatic N) is 4. The maximum Gasteiger partial charge on any atom is 0.163 e. The van der Waals surface area contributed by atoms with Gasteiger partial charge in [-0.25, -0.2) is 14.6 Å². The highest BCUT2D eigenvalue weighted by Gasteiger charge is 2.19. The smallest absolute Gasteiger partial charge is 0.163 e. The topological polar surface area (TPSA) is 68.8 Å². The number of rotatable bonds is 4. The van der Waals surface area contributed by atoms with Crippen molar-refractivity contribution in [2.45, 2.75) is 32.0 Å². The van der Waals surface area contributed by atoms with Crippen LogP contribution in [0, 0.1) is 0 Å². The van der Waals surface area contributed by atoms with Gasteiger partial charge in [-0.2, -0.15) is 5.10 Å². The molecule has 0 saturated heterocycles. The minimum atomic E-state index is 0.394. The van der Waals surface area contributed by atoms with E-state index in [2.05, 4.69) is 26.4 Å². The molecule has 4 heterocycles. The Labute approximate surface area is 148 Å². The fourth-order valence-corrected chi connectivity index (χ4v) is 4.14. The van der Waals surface area contributed by atoms with E-state index in [9.17, 15) is 0 Å². The van der Waals surface area contributed by atoms with Crippen molar-refractivity contribution in [3.63, 3.8) is 0 Å².